The summed E-state index contributed by atoms with van der Waals surface area (Å²) < 4.78 is 12.1. The first-order valence-electron chi connectivity index (χ1n) is 7.16. The van der Waals surface area contributed by atoms with Crippen LogP contribution in [0.1, 0.15) is 41.0 Å². The van der Waals surface area contributed by atoms with Crippen LogP contribution in [-0.2, 0) is 24.4 Å². The molecule has 0 fully saturated rings. The maximum Gasteiger partial charge on any atom is 0.341 e. The van der Waals surface area contributed by atoms with Crippen molar-refractivity contribution in [1.82, 2.24) is 25.1 Å². The molecule has 0 unspecified atom stereocenters. The number of aromatic nitrogens is 4. The Morgan fingerprint density at radius 1 is 1.45 bits per heavy atom. The molecule has 2 aromatic heterocycles. The van der Waals surface area contributed by atoms with E-state index in [0.717, 1.165) is 18.8 Å². The highest BCUT2D eigenvalue weighted by molar-refractivity contribution is 5.90. The van der Waals surface area contributed by atoms with Crippen molar-refractivity contribution in [3.05, 3.63) is 29.0 Å². The fourth-order valence-corrected chi connectivity index (χ4v) is 2.22. The average Bonchev–Trinajstić information content (AvgIpc) is 3.05. The van der Waals surface area contributed by atoms with E-state index in [0.29, 0.717) is 30.2 Å². The van der Waals surface area contributed by atoms with Crippen molar-refractivity contribution in [1.29, 1.82) is 0 Å². The van der Waals surface area contributed by atoms with E-state index in [9.17, 15) is 4.79 Å². The number of methoxy groups -OCH3 is 1. The zero-order valence-corrected chi connectivity index (χ0v) is 13.4. The quantitative estimate of drug-likeness (QED) is 0.715. The van der Waals surface area contributed by atoms with Gasteiger partial charge in [0.25, 0.3) is 0 Å². The smallest absolute Gasteiger partial charge is 0.341 e. The molecular formula is C14H21N5O3. The average molecular weight is 307 g/mol. The van der Waals surface area contributed by atoms with E-state index in [1.165, 1.54) is 7.11 Å². The Hall–Kier alpha value is -2.22. The topological polar surface area (TPSA) is 86.3 Å². The second kappa shape index (κ2) is 7.17. The van der Waals surface area contributed by atoms with Gasteiger partial charge in [0, 0.05) is 6.54 Å². The highest BCUT2D eigenvalue weighted by Crippen LogP contribution is 2.17. The van der Waals surface area contributed by atoms with E-state index < -0.39 is 0 Å². The first-order valence-corrected chi connectivity index (χ1v) is 7.16. The number of ether oxygens (including phenoxy) is 1. The van der Waals surface area contributed by atoms with Crippen LogP contribution in [0.3, 0.4) is 0 Å². The number of furan rings is 1. The molecule has 0 radical (unpaired) electrons. The van der Waals surface area contributed by atoms with Gasteiger partial charge in [-0.3, -0.25) is 4.90 Å². The summed E-state index contributed by atoms with van der Waals surface area (Å²) in [5.41, 5.74) is 0.460. The van der Waals surface area contributed by atoms with Crippen molar-refractivity contribution in [2.75, 3.05) is 14.2 Å². The molecule has 8 nitrogen and oxygen atoms in total. The van der Waals surface area contributed by atoms with Gasteiger partial charge in [-0.05, 0) is 36.9 Å². The third-order valence-corrected chi connectivity index (χ3v) is 3.25. The molecule has 0 aromatic carbocycles. The number of rotatable bonds is 7. The Bertz CT molecular complexity index is 634. The van der Waals surface area contributed by atoms with Crippen LogP contribution in [0, 0.1) is 6.92 Å². The van der Waals surface area contributed by atoms with Crippen molar-refractivity contribution in [3.8, 4) is 0 Å². The number of hydrogen-bond donors (Lipinski definition) is 0. The second-order valence-electron chi connectivity index (χ2n) is 5.16. The SMILES string of the molecule is CCCn1nnnc1CN(C)Cc1cc(C(=O)OC)c(C)o1. The zero-order valence-electron chi connectivity index (χ0n) is 13.4. The van der Waals surface area contributed by atoms with E-state index >= 15 is 0 Å². The fourth-order valence-electron chi connectivity index (χ4n) is 2.22. The Balaban J connectivity index is 2.01. The van der Waals surface area contributed by atoms with Crippen LogP contribution >= 0.6 is 0 Å². The van der Waals surface area contributed by atoms with Crippen LogP contribution in [0.5, 0.6) is 0 Å². The third-order valence-electron chi connectivity index (χ3n) is 3.25. The summed E-state index contributed by atoms with van der Waals surface area (Å²) in [6, 6.07) is 1.71. The standard InChI is InChI=1S/C14H21N5O3/c1-5-6-19-13(15-16-17-19)9-18(3)8-11-7-12(10(2)22-11)14(20)21-4/h7H,5-6,8-9H2,1-4H3. The highest BCUT2D eigenvalue weighted by atomic mass is 16.5. The molecule has 120 valence electrons. The summed E-state index contributed by atoms with van der Waals surface area (Å²) in [6.45, 7) is 5.77. The summed E-state index contributed by atoms with van der Waals surface area (Å²) in [5.74, 6) is 1.68. The molecular weight excluding hydrogens is 286 g/mol. The fraction of sp³-hybridized carbons (Fsp3) is 0.571. The molecule has 0 amide bonds. The van der Waals surface area contributed by atoms with Crippen molar-refractivity contribution >= 4 is 5.97 Å². The number of carbonyl (C=O) groups excluding carboxylic acids is 1. The van der Waals surface area contributed by atoms with Gasteiger partial charge in [-0.15, -0.1) is 5.10 Å². The first kappa shape index (κ1) is 16.2. The maximum absolute atomic E-state index is 11.6. The molecule has 2 heterocycles. The lowest BCUT2D eigenvalue weighted by Crippen LogP contribution is -2.20. The predicted molar refractivity (Wildman–Crippen MR) is 78.1 cm³/mol. The van der Waals surface area contributed by atoms with Crippen LogP contribution in [-0.4, -0.2) is 45.2 Å². The maximum atomic E-state index is 11.6. The van der Waals surface area contributed by atoms with Gasteiger partial charge in [0.1, 0.15) is 17.1 Å². The minimum atomic E-state index is -0.387. The van der Waals surface area contributed by atoms with Gasteiger partial charge in [0.15, 0.2) is 5.82 Å². The van der Waals surface area contributed by atoms with Crippen molar-refractivity contribution in [2.24, 2.45) is 0 Å². The second-order valence-corrected chi connectivity index (χ2v) is 5.16. The van der Waals surface area contributed by atoms with E-state index in [2.05, 4.69) is 22.4 Å². The molecule has 8 heteroatoms. The van der Waals surface area contributed by atoms with E-state index in [-0.39, 0.29) is 5.97 Å². The Kier molecular flexibility index (Phi) is 5.26. The zero-order chi connectivity index (χ0) is 16.1. The number of tetrazole rings is 1. The van der Waals surface area contributed by atoms with E-state index in [1.54, 1.807) is 17.7 Å². The van der Waals surface area contributed by atoms with Gasteiger partial charge in [0.05, 0.1) is 20.2 Å². The summed E-state index contributed by atoms with van der Waals surface area (Å²) >= 11 is 0. The van der Waals surface area contributed by atoms with Gasteiger partial charge in [-0.25, -0.2) is 9.48 Å². The lowest BCUT2D eigenvalue weighted by molar-refractivity contribution is 0.0599. The van der Waals surface area contributed by atoms with E-state index in [1.807, 2.05) is 11.9 Å². The molecule has 0 atom stereocenters. The summed E-state index contributed by atoms with van der Waals surface area (Å²) in [7, 11) is 3.30. The lowest BCUT2D eigenvalue weighted by atomic mass is 10.2. The summed E-state index contributed by atoms with van der Waals surface area (Å²) in [6.07, 6.45) is 0.974. The Morgan fingerprint density at radius 3 is 2.91 bits per heavy atom. The number of carbonyl (C=O) groups is 1. The van der Waals surface area contributed by atoms with Crippen LogP contribution in [0.2, 0.25) is 0 Å². The molecule has 0 bridgehead atoms. The largest absolute Gasteiger partial charge is 0.465 e. The van der Waals surface area contributed by atoms with Crippen LogP contribution in [0.25, 0.3) is 0 Å². The minimum Gasteiger partial charge on any atom is -0.465 e. The molecule has 0 saturated carbocycles. The van der Waals surface area contributed by atoms with Gasteiger partial charge < -0.3 is 9.15 Å². The molecule has 2 rings (SSSR count). The number of aryl methyl sites for hydroxylation is 2. The molecule has 22 heavy (non-hydrogen) atoms. The van der Waals surface area contributed by atoms with Gasteiger partial charge in [-0.1, -0.05) is 6.92 Å². The van der Waals surface area contributed by atoms with Crippen LogP contribution in [0.15, 0.2) is 10.5 Å². The number of hydrogen-bond acceptors (Lipinski definition) is 7. The Morgan fingerprint density at radius 2 is 2.23 bits per heavy atom. The Labute approximate surface area is 129 Å². The predicted octanol–water partition coefficient (Wildman–Crippen LogP) is 1.40. The molecule has 0 aliphatic carbocycles. The van der Waals surface area contributed by atoms with E-state index in [4.69, 9.17) is 9.15 Å². The molecule has 2 aromatic rings. The lowest BCUT2D eigenvalue weighted by Gasteiger charge is -2.14. The van der Waals surface area contributed by atoms with Gasteiger partial charge >= 0.3 is 5.97 Å². The van der Waals surface area contributed by atoms with Crippen molar-refractivity contribution in [2.45, 2.75) is 39.9 Å². The summed E-state index contributed by atoms with van der Waals surface area (Å²) in [4.78, 5) is 13.6. The molecule has 0 N–H and O–H groups in total. The van der Waals surface area contributed by atoms with Gasteiger partial charge in [-0.2, -0.15) is 0 Å². The number of esters is 1. The third kappa shape index (κ3) is 3.70. The molecule has 0 aliphatic heterocycles. The van der Waals surface area contributed by atoms with Crippen LogP contribution in [0.4, 0.5) is 0 Å². The van der Waals surface area contributed by atoms with Crippen molar-refractivity contribution in [3.63, 3.8) is 0 Å². The molecule has 0 aliphatic rings. The number of nitrogens with zero attached hydrogens (tertiary/aromatic N) is 5. The van der Waals surface area contributed by atoms with Crippen molar-refractivity contribution < 1.29 is 13.9 Å². The molecule has 0 saturated heterocycles. The highest BCUT2D eigenvalue weighted by Gasteiger charge is 2.17. The first-order chi connectivity index (χ1) is 10.5. The summed E-state index contributed by atoms with van der Waals surface area (Å²) in [5, 5.41) is 11.7. The minimum absolute atomic E-state index is 0.387. The molecule has 0 spiro atoms. The van der Waals surface area contributed by atoms with Crippen LogP contribution < -0.4 is 0 Å². The van der Waals surface area contributed by atoms with Gasteiger partial charge in [0.2, 0.25) is 0 Å². The monoisotopic (exact) mass is 307 g/mol. The normalized spacial score (nSPS) is 11.1.